The van der Waals surface area contributed by atoms with Gasteiger partial charge in [0.15, 0.2) is 0 Å². The van der Waals surface area contributed by atoms with Crippen LogP contribution in [0.3, 0.4) is 0 Å². The van der Waals surface area contributed by atoms with E-state index >= 15 is 0 Å². The summed E-state index contributed by atoms with van der Waals surface area (Å²) in [5.74, 6) is 2.49. The molecule has 0 spiro atoms. The van der Waals surface area contributed by atoms with Crippen molar-refractivity contribution in [2.75, 3.05) is 24.5 Å². The van der Waals surface area contributed by atoms with Crippen molar-refractivity contribution in [3.63, 3.8) is 0 Å². The SMILES string of the molecule is CCC(C)CN(CC)c1cccc(CNCC(C)C)n1. The van der Waals surface area contributed by atoms with Crippen molar-refractivity contribution >= 4 is 5.82 Å². The number of rotatable bonds is 9. The Kier molecular flexibility index (Phi) is 7.60. The minimum absolute atomic E-state index is 0.677. The molecule has 0 aromatic carbocycles. The Labute approximate surface area is 124 Å². The number of hydrogen-bond donors (Lipinski definition) is 1. The van der Waals surface area contributed by atoms with Crippen molar-refractivity contribution in [1.82, 2.24) is 10.3 Å². The third kappa shape index (κ3) is 5.91. The Bertz CT molecular complexity index is 376. The van der Waals surface area contributed by atoms with Crippen LogP contribution in [0.5, 0.6) is 0 Å². The Morgan fingerprint density at radius 2 is 1.95 bits per heavy atom. The maximum absolute atomic E-state index is 4.79. The molecule has 114 valence electrons. The molecule has 1 N–H and O–H groups in total. The number of nitrogens with zero attached hydrogens (tertiary/aromatic N) is 2. The molecule has 0 amide bonds. The summed E-state index contributed by atoms with van der Waals surface area (Å²) in [6.45, 7) is 15.2. The van der Waals surface area contributed by atoms with Crippen LogP contribution in [0.15, 0.2) is 18.2 Å². The van der Waals surface area contributed by atoms with Crippen LogP contribution in [0, 0.1) is 11.8 Å². The number of pyridine rings is 1. The van der Waals surface area contributed by atoms with E-state index in [1.807, 2.05) is 0 Å². The molecule has 0 aliphatic carbocycles. The van der Waals surface area contributed by atoms with Crippen molar-refractivity contribution in [2.24, 2.45) is 11.8 Å². The van der Waals surface area contributed by atoms with Gasteiger partial charge in [-0.25, -0.2) is 4.98 Å². The minimum Gasteiger partial charge on any atom is -0.357 e. The smallest absolute Gasteiger partial charge is 0.128 e. The van der Waals surface area contributed by atoms with Gasteiger partial charge >= 0.3 is 0 Å². The van der Waals surface area contributed by atoms with Gasteiger partial charge in [-0.05, 0) is 37.4 Å². The summed E-state index contributed by atoms with van der Waals surface area (Å²) in [4.78, 5) is 7.17. The molecule has 0 saturated heterocycles. The topological polar surface area (TPSA) is 28.2 Å². The van der Waals surface area contributed by atoms with Crippen LogP contribution in [0.2, 0.25) is 0 Å². The van der Waals surface area contributed by atoms with Gasteiger partial charge in [-0.3, -0.25) is 0 Å². The van der Waals surface area contributed by atoms with Crippen molar-refractivity contribution in [1.29, 1.82) is 0 Å². The fourth-order valence-electron chi connectivity index (χ4n) is 2.12. The Morgan fingerprint density at radius 1 is 1.20 bits per heavy atom. The van der Waals surface area contributed by atoms with Crippen molar-refractivity contribution in [2.45, 2.75) is 47.6 Å². The Morgan fingerprint density at radius 3 is 2.55 bits per heavy atom. The second kappa shape index (κ2) is 8.96. The number of nitrogens with one attached hydrogen (secondary N) is 1. The molecule has 0 fully saturated rings. The minimum atomic E-state index is 0.677. The first-order chi connectivity index (χ1) is 9.56. The third-order valence-electron chi connectivity index (χ3n) is 3.59. The zero-order valence-corrected chi connectivity index (χ0v) is 13.8. The van der Waals surface area contributed by atoms with Crippen molar-refractivity contribution in [3.8, 4) is 0 Å². The summed E-state index contributed by atoms with van der Waals surface area (Å²) in [7, 11) is 0. The lowest BCUT2D eigenvalue weighted by atomic mass is 10.1. The largest absolute Gasteiger partial charge is 0.357 e. The summed E-state index contributed by atoms with van der Waals surface area (Å²) in [6, 6.07) is 6.35. The van der Waals surface area contributed by atoms with Crippen LogP contribution < -0.4 is 10.2 Å². The van der Waals surface area contributed by atoms with Gasteiger partial charge in [0.2, 0.25) is 0 Å². The molecular weight excluding hydrogens is 246 g/mol. The first-order valence-electron chi connectivity index (χ1n) is 7.98. The highest BCUT2D eigenvalue weighted by atomic mass is 15.2. The molecule has 3 heteroatoms. The fourth-order valence-corrected chi connectivity index (χ4v) is 2.12. The predicted octanol–water partition coefficient (Wildman–Crippen LogP) is 3.70. The van der Waals surface area contributed by atoms with E-state index in [1.54, 1.807) is 0 Å². The standard InChI is InChI=1S/C17H31N3/c1-6-15(5)13-20(7-2)17-10-8-9-16(19-17)12-18-11-14(3)4/h8-10,14-15,18H,6-7,11-13H2,1-5H3. The summed E-state index contributed by atoms with van der Waals surface area (Å²) in [6.07, 6.45) is 1.21. The maximum Gasteiger partial charge on any atom is 0.128 e. The van der Waals surface area contributed by atoms with Crippen LogP contribution in [0.25, 0.3) is 0 Å². The first kappa shape index (κ1) is 17.0. The number of aromatic nitrogens is 1. The maximum atomic E-state index is 4.79. The van der Waals surface area contributed by atoms with Crippen LogP contribution in [-0.2, 0) is 6.54 Å². The molecule has 1 aromatic heterocycles. The van der Waals surface area contributed by atoms with Gasteiger partial charge < -0.3 is 10.2 Å². The van der Waals surface area contributed by atoms with Gasteiger partial charge in [0.1, 0.15) is 5.82 Å². The molecular formula is C17H31N3. The zero-order chi connectivity index (χ0) is 15.0. The van der Waals surface area contributed by atoms with Crippen LogP contribution in [-0.4, -0.2) is 24.6 Å². The summed E-state index contributed by atoms with van der Waals surface area (Å²) in [5, 5.41) is 3.46. The van der Waals surface area contributed by atoms with Gasteiger partial charge in [-0.15, -0.1) is 0 Å². The average molecular weight is 277 g/mol. The lowest BCUT2D eigenvalue weighted by molar-refractivity contribution is 0.540. The van der Waals surface area contributed by atoms with E-state index in [0.29, 0.717) is 11.8 Å². The molecule has 1 rings (SSSR count). The van der Waals surface area contributed by atoms with Gasteiger partial charge in [0, 0.05) is 19.6 Å². The molecule has 1 aromatic rings. The fraction of sp³-hybridized carbons (Fsp3) is 0.706. The molecule has 0 aliphatic rings. The first-order valence-corrected chi connectivity index (χ1v) is 7.98. The van der Waals surface area contributed by atoms with E-state index in [1.165, 1.54) is 6.42 Å². The molecule has 3 nitrogen and oxygen atoms in total. The number of hydrogen-bond acceptors (Lipinski definition) is 3. The van der Waals surface area contributed by atoms with Gasteiger partial charge in [0.25, 0.3) is 0 Å². The van der Waals surface area contributed by atoms with Crippen molar-refractivity contribution < 1.29 is 0 Å². The van der Waals surface area contributed by atoms with Crippen LogP contribution >= 0.6 is 0 Å². The highest BCUT2D eigenvalue weighted by molar-refractivity contribution is 5.39. The summed E-state index contributed by atoms with van der Waals surface area (Å²) in [5.41, 5.74) is 1.13. The molecule has 20 heavy (non-hydrogen) atoms. The quantitative estimate of drug-likeness (QED) is 0.746. The average Bonchev–Trinajstić information content (AvgIpc) is 2.44. The molecule has 1 unspecified atom stereocenters. The van der Waals surface area contributed by atoms with E-state index in [0.717, 1.165) is 37.7 Å². The van der Waals surface area contributed by atoms with Crippen LogP contribution in [0.4, 0.5) is 5.82 Å². The molecule has 0 bridgehead atoms. The molecule has 0 aliphatic heterocycles. The van der Waals surface area contributed by atoms with E-state index in [2.05, 4.69) is 63.0 Å². The van der Waals surface area contributed by atoms with Crippen LogP contribution in [0.1, 0.15) is 46.7 Å². The summed E-state index contributed by atoms with van der Waals surface area (Å²) < 4.78 is 0. The van der Waals surface area contributed by atoms with Gasteiger partial charge in [-0.1, -0.05) is 40.2 Å². The lowest BCUT2D eigenvalue weighted by Gasteiger charge is -2.25. The zero-order valence-electron chi connectivity index (χ0n) is 13.8. The predicted molar refractivity (Wildman–Crippen MR) is 88.1 cm³/mol. The van der Waals surface area contributed by atoms with E-state index in [-0.39, 0.29) is 0 Å². The summed E-state index contributed by atoms with van der Waals surface area (Å²) >= 11 is 0. The normalized spacial score (nSPS) is 12.7. The van der Waals surface area contributed by atoms with E-state index in [9.17, 15) is 0 Å². The van der Waals surface area contributed by atoms with E-state index in [4.69, 9.17) is 4.98 Å². The molecule has 0 radical (unpaired) electrons. The highest BCUT2D eigenvalue weighted by Crippen LogP contribution is 2.14. The molecule has 1 heterocycles. The Hall–Kier alpha value is -1.09. The van der Waals surface area contributed by atoms with Crippen molar-refractivity contribution in [3.05, 3.63) is 23.9 Å². The Balaban J connectivity index is 2.64. The molecule has 0 saturated carbocycles. The van der Waals surface area contributed by atoms with Gasteiger partial charge in [0.05, 0.1) is 5.69 Å². The van der Waals surface area contributed by atoms with E-state index < -0.39 is 0 Å². The second-order valence-electron chi connectivity index (χ2n) is 6.06. The number of anilines is 1. The highest BCUT2D eigenvalue weighted by Gasteiger charge is 2.10. The second-order valence-corrected chi connectivity index (χ2v) is 6.06. The monoisotopic (exact) mass is 277 g/mol. The van der Waals surface area contributed by atoms with Gasteiger partial charge in [-0.2, -0.15) is 0 Å². The lowest BCUT2D eigenvalue weighted by Crippen LogP contribution is -2.29. The third-order valence-corrected chi connectivity index (χ3v) is 3.59. The molecule has 1 atom stereocenters.